The summed E-state index contributed by atoms with van der Waals surface area (Å²) in [4.78, 5) is 23.9. The van der Waals surface area contributed by atoms with Gasteiger partial charge in [-0.25, -0.2) is 9.59 Å². The Morgan fingerprint density at radius 2 is 1.79 bits per heavy atom. The van der Waals surface area contributed by atoms with Crippen LogP contribution in [-0.2, 0) is 20.7 Å². The highest BCUT2D eigenvalue weighted by molar-refractivity contribution is 6.17. The number of alkyl carbamates (subject to hydrolysis) is 1. The van der Waals surface area contributed by atoms with Crippen LogP contribution in [-0.4, -0.2) is 43.3 Å². The Morgan fingerprint density at radius 3 is 2.36 bits per heavy atom. The van der Waals surface area contributed by atoms with Gasteiger partial charge in [-0.3, -0.25) is 0 Å². The van der Waals surface area contributed by atoms with E-state index in [0.717, 1.165) is 30.6 Å². The summed E-state index contributed by atoms with van der Waals surface area (Å²) in [6.45, 7) is 5.96. The van der Waals surface area contributed by atoms with Crippen molar-refractivity contribution in [3.05, 3.63) is 29.8 Å². The number of unbranched alkanes of at least 4 members (excludes halogenated alkanes) is 1. The lowest BCUT2D eigenvalue weighted by Crippen LogP contribution is -2.44. The highest BCUT2D eigenvalue weighted by atomic mass is 35.5. The van der Waals surface area contributed by atoms with Crippen molar-refractivity contribution in [2.75, 3.05) is 19.6 Å². The number of aryl methyl sites for hydroxylation is 1. The van der Waals surface area contributed by atoms with Crippen LogP contribution in [0.3, 0.4) is 0 Å². The summed E-state index contributed by atoms with van der Waals surface area (Å²) in [6, 6.07) is 7.15. The number of benzene rings is 1. The number of carbonyl (C=O) groups is 2. The molecule has 0 aliphatic carbocycles. The van der Waals surface area contributed by atoms with Gasteiger partial charge in [0.25, 0.3) is 0 Å². The predicted octanol–water partition coefficient (Wildman–Crippen LogP) is 4.47. The number of amides is 1. The van der Waals surface area contributed by atoms with Gasteiger partial charge in [0.15, 0.2) is 0 Å². The minimum atomic E-state index is -0.732. The van der Waals surface area contributed by atoms with Crippen LogP contribution in [0.15, 0.2) is 24.3 Å². The smallest absolute Gasteiger partial charge is 0.408 e. The molecule has 0 aliphatic rings. The van der Waals surface area contributed by atoms with Crippen molar-refractivity contribution in [3.63, 3.8) is 0 Å². The second kappa shape index (κ2) is 12.5. The van der Waals surface area contributed by atoms with Crippen molar-refractivity contribution in [2.45, 2.75) is 64.5 Å². The third-order valence-corrected chi connectivity index (χ3v) is 4.12. The molecule has 1 atom stereocenters. The number of rotatable bonds is 11. The van der Waals surface area contributed by atoms with Crippen molar-refractivity contribution in [3.8, 4) is 5.75 Å². The minimum Gasteiger partial charge on any atom is -0.494 e. The topological polar surface area (TPSA) is 73.9 Å². The highest BCUT2D eigenvalue weighted by Crippen LogP contribution is 2.15. The zero-order chi connectivity index (χ0) is 21.0. The number of hydrogen-bond acceptors (Lipinski definition) is 5. The Balaban J connectivity index is 2.46. The summed E-state index contributed by atoms with van der Waals surface area (Å²) >= 11 is 5.64. The molecule has 28 heavy (non-hydrogen) atoms. The van der Waals surface area contributed by atoms with Crippen molar-refractivity contribution in [2.24, 2.45) is 0 Å². The van der Waals surface area contributed by atoms with E-state index in [4.69, 9.17) is 25.8 Å². The lowest BCUT2D eigenvalue weighted by Gasteiger charge is -2.22. The normalized spacial score (nSPS) is 12.2. The van der Waals surface area contributed by atoms with Gasteiger partial charge < -0.3 is 19.5 Å². The molecule has 0 spiro atoms. The molecule has 0 heterocycles. The molecule has 1 unspecified atom stereocenters. The minimum absolute atomic E-state index is 0.461. The van der Waals surface area contributed by atoms with Crippen LogP contribution in [0.2, 0.25) is 0 Å². The van der Waals surface area contributed by atoms with E-state index in [2.05, 4.69) is 5.32 Å². The largest absolute Gasteiger partial charge is 0.494 e. The van der Waals surface area contributed by atoms with E-state index in [1.165, 1.54) is 7.11 Å². The number of methoxy groups -OCH3 is 1. The van der Waals surface area contributed by atoms with Crippen LogP contribution in [0.5, 0.6) is 5.75 Å². The molecule has 0 saturated carbocycles. The third kappa shape index (κ3) is 10.4. The van der Waals surface area contributed by atoms with Crippen LogP contribution >= 0.6 is 11.6 Å². The van der Waals surface area contributed by atoms with Crippen LogP contribution < -0.4 is 10.1 Å². The zero-order valence-corrected chi connectivity index (χ0v) is 18.0. The highest BCUT2D eigenvalue weighted by Gasteiger charge is 2.24. The average molecular weight is 414 g/mol. The zero-order valence-electron chi connectivity index (χ0n) is 17.3. The first-order valence-electron chi connectivity index (χ1n) is 9.60. The third-order valence-electron chi connectivity index (χ3n) is 3.85. The monoisotopic (exact) mass is 413 g/mol. The second-order valence-electron chi connectivity index (χ2n) is 7.50. The van der Waals surface area contributed by atoms with Gasteiger partial charge in [0.1, 0.15) is 17.4 Å². The van der Waals surface area contributed by atoms with Crippen LogP contribution in [0, 0.1) is 0 Å². The first-order chi connectivity index (χ1) is 13.2. The maximum Gasteiger partial charge on any atom is 0.408 e. The Hall–Kier alpha value is -1.95. The molecular weight excluding hydrogens is 382 g/mol. The molecule has 1 aromatic rings. The van der Waals surface area contributed by atoms with E-state index in [1.807, 2.05) is 24.3 Å². The van der Waals surface area contributed by atoms with E-state index in [0.29, 0.717) is 25.3 Å². The Bertz CT molecular complexity index is 598. The Kier molecular flexibility index (Phi) is 10.8. The van der Waals surface area contributed by atoms with E-state index >= 15 is 0 Å². The number of halogens is 1. The van der Waals surface area contributed by atoms with E-state index < -0.39 is 23.7 Å². The lowest BCUT2D eigenvalue weighted by molar-refractivity contribution is -0.143. The number of ether oxygens (including phenoxy) is 3. The molecule has 0 saturated heterocycles. The van der Waals surface area contributed by atoms with Gasteiger partial charge in [0.05, 0.1) is 13.7 Å². The van der Waals surface area contributed by atoms with E-state index in [-0.39, 0.29) is 0 Å². The summed E-state index contributed by atoms with van der Waals surface area (Å²) in [6.07, 6.45) is 3.20. The SMILES string of the molecule is COC(=O)C(CCCc1ccc(OCCCCCl)cc1)NC(=O)OC(C)(C)C. The summed E-state index contributed by atoms with van der Waals surface area (Å²) in [5.74, 6) is 1.00. The molecule has 0 bridgehead atoms. The standard InChI is InChI=1S/C21H32ClNO5/c1-21(2,3)28-20(25)23-18(19(24)26-4)9-7-8-16-10-12-17(13-11-16)27-15-6-5-14-22/h10-13,18H,5-9,14-15H2,1-4H3,(H,23,25). The summed E-state index contributed by atoms with van der Waals surface area (Å²) in [7, 11) is 1.30. The molecule has 1 rings (SSSR count). The molecule has 158 valence electrons. The number of carbonyl (C=O) groups excluding carboxylic acids is 2. The van der Waals surface area contributed by atoms with Gasteiger partial charge in [0.2, 0.25) is 0 Å². The fraction of sp³-hybridized carbons (Fsp3) is 0.619. The quantitative estimate of drug-likeness (QED) is 0.329. The number of esters is 1. The number of nitrogens with one attached hydrogen (secondary N) is 1. The van der Waals surface area contributed by atoms with Crippen LogP contribution in [0.1, 0.15) is 52.0 Å². The molecular formula is C21H32ClNO5. The van der Waals surface area contributed by atoms with Crippen molar-refractivity contribution in [1.82, 2.24) is 5.32 Å². The predicted molar refractivity (Wildman–Crippen MR) is 110 cm³/mol. The molecule has 6 nitrogen and oxygen atoms in total. The van der Waals surface area contributed by atoms with Gasteiger partial charge in [-0.1, -0.05) is 12.1 Å². The molecule has 1 N–H and O–H groups in total. The molecule has 1 amide bonds. The Labute approximate surface area is 172 Å². The van der Waals surface area contributed by atoms with Crippen LogP contribution in [0.4, 0.5) is 4.79 Å². The van der Waals surface area contributed by atoms with E-state index in [9.17, 15) is 9.59 Å². The number of alkyl halides is 1. The Morgan fingerprint density at radius 1 is 1.11 bits per heavy atom. The molecule has 0 aliphatic heterocycles. The van der Waals surface area contributed by atoms with Gasteiger partial charge >= 0.3 is 12.1 Å². The fourth-order valence-electron chi connectivity index (χ4n) is 2.49. The average Bonchev–Trinajstić information content (AvgIpc) is 2.63. The first-order valence-corrected chi connectivity index (χ1v) is 10.1. The summed E-state index contributed by atoms with van der Waals surface area (Å²) < 4.78 is 15.6. The van der Waals surface area contributed by atoms with Gasteiger partial charge in [0, 0.05) is 5.88 Å². The fourth-order valence-corrected chi connectivity index (χ4v) is 2.68. The van der Waals surface area contributed by atoms with Gasteiger partial charge in [-0.15, -0.1) is 11.6 Å². The van der Waals surface area contributed by atoms with Crippen LogP contribution in [0.25, 0.3) is 0 Å². The lowest BCUT2D eigenvalue weighted by atomic mass is 10.0. The van der Waals surface area contributed by atoms with Gasteiger partial charge in [-0.2, -0.15) is 0 Å². The van der Waals surface area contributed by atoms with Gasteiger partial charge in [-0.05, 0) is 70.6 Å². The van der Waals surface area contributed by atoms with Crippen molar-refractivity contribution in [1.29, 1.82) is 0 Å². The molecule has 0 radical (unpaired) electrons. The van der Waals surface area contributed by atoms with Crippen molar-refractivity contribution >= 4 is 23.7 Å². The van der Waals surface area contributed by atoms with E-state index in [1.54, 1.807) is 20.8 Å². The maximum atomic E-state index is 11.9. The molecule has 0 aromatic heterocycles. The second-order valence-corrected chi connectivity index (χ2v) is 7.88. The summed E-state index contributed by atoms with van der Waals surface area (Å²) in [5.41, 5.74) is 0.507. The summed E-state index contributed by atoms with van der Waals surface area (Å²) in [5, 5.41) is 2.59. The van der Waals surface area contributed by atoms with Crippen molar-refractivity contribution < 1.29 is 23.8 Å². The molecule has 7 heteroatoms. The molecule has 1 aromatic carbocycles. The molecule has 0 fully saturated rings. The first kappa shape index (κ1) is 24.1. The maximum absolute atomic E-state index is 11.9. The number of hydrogen-bond donors (Lipinski definition) is 1.